The molecule has 0 saturated carbocycles. The summed E-state index contributed by atoms with van der Waals surface area (Å²) in [6.07, 6.45) is 6.90. The van der Waals surface area contributed by atoms with Gasteiger partial charge in [-0.15, -0.1) is 0 Å². The number of esters is 1. The van der Waals surface area contributed by atoms with Crippen LogP contribution in [-0.4, -0.2) is 46.0 Å². The Morgan fingerprint density at radius 3 is 2.79 bits per heavy atom. The molecule has 0 bridgehead atoms. The number of cyclic esters (lactones) is 1. The number of allylic oxidation sites excluding steroid dienone is 1. The molecule has 1 aliphatic rings. The lowest BCUT2D eigenvalue weighted by molar-refractivity contribution is -0.146. The van der Waals surface area contributed by atoms with E-state index in [1.807, 2.05) is 12.2 Å². The van der Waals surface area contributed by atoms with Crippen molar-refractivity contribution in [3.05, 3.63) is 34.4 Å². The number of carbonyl (C=O) groups is 2. The minimum atomic E-state index is -1.07. The molecule has 8 nitrogen and oxygen atoms in total. The molecule has 0 aliphatic carbocycles. The monoisotopic (exact) mass is 427 g/mol. The summed E-state index contributed by atoms with van der Waals surface area (Å²) in [5, 5.41) is 28.9. The lowest BCUT2D eigenvalue weighted by Gasteiger charge is -2.20. The van der Waals surface area contributed by atoms with Crippen LogP contribution in [0.3, 0.4) is 0 Å². The van der Waals surface area contributed by atoms with Crippen molar-refractivity contribution in [3.63, 3.8) is 0 Å². The summed E-state index contributed by atoms with van der Waals surface area (Å²) in [4.78, 5) is 28.3. The number of hydrogen-bond donors (Lipinski definition) is 4. The van der Waals surface area contributed by atoms with Gasteiger partial charge < -0.3 is 20.1 Å². The maximum absolute atomic E-state index is 12.6. The topological polar surface area (TPSA) is 125 Å². The van der Waals surface area contributed by atoms with Crippen molar-refractivity contribution < 1.29 is 34.5 Å². The minimum Gasteiger partial charge on any atom is -0.507 e. The summed E-state index contributed by atoms with van der Waals surface area (Å²) < 4.78 is 5.42. The lowest BCUT2D eigenvalue weighted by Crippen LogP contribution is -2.31. The second-order valence-corrected chi connectivity index (χ2v) is 7.35. The number of ether oxygens (including phenoxy) is 1. The van der Waals surface area contributed by atoms with Crippen LogP contribution >= 0.6 is 11.6 Å². The lowest BCUT2D eigenvalue weighted by atomic mass is 9.97. The van der Waals surface area contributed by atoms with E-state index in [1.54, 1.807) is 6.92 Å². The molecule has 0 amide bonds. The fourth-order valence-corrected chi connectivity index (χ4v) is 3.39. The average molecular weight is 428 g/mol. The van der Waals surface area contributed by atoms with Crippen LogP contribution < -0.4 is 5.48 Å². The summed E-state index contributed by atoms with van der Waals surface area (Å²) in [6.45, 7) is 1.29. The molecule has 1 aromatic rings. The van der Waals surface area contributed by atoms with Crippen LogP contribution in [0.1, 0.15) is 54.9 Å². The maximum atomic E-state index is 12.6. The number of aromatic hydroxyl groups is 2. The largest absolute Gasteiger partial charge is 0.507 e. The SMILES string of the molecule is CC1C/C=C/CCC(NOCC(=O)O)CCCc2c(Cl)c(O)cc(O)c2C(=O)O1. The van der Waals surface area contributed by atoms with Crippen LogP contribution in [0.4, 0.5) is 0 Å². The van der Waals surface area contributed by atoms with Gasteiger partial charge in [-0.05, 0) is 44.6 Å². The zero-order valence-electron chi connectivity index (χ0n) is 16.2. The maximum Gasteiger partial charge on any atom is 0.342 e. The Hall–Kier alpha value is -2.29. The number of carboxylic acid groups (broad SMARTS) is 1. The third kappa shape index (κ3) is 6.92. The predicted octanol–water partition coefficient (Wildman–Crippen LogP) is 3.33. The second-order valence-electron chi connectivity index (χ2n) is 6.97. The highest BCUT2D eigenvalue weighted by Crippen LogP contribution is 2.37. The molecular weight excluding hydrogens is 402 g/mol. The Bertz CT molecular complexity index is 766. The highest BCUT2D eigenvalue weighted by molar-refractivity contribution is 6.33. The molecule has 29 heavy (non-hydrogen) atoms. The first-order valence-electron chi connectivity index (χ1n) is 9.48. The van der Waals surface area contributed by atoms with E-state index in [4.69, 9.17) is 26.3 Å². The first kappa shape index (κ1) is 23.0. The van der Waals surface area contributed by atoms with Gasteiger partial charge in [0.15, 0.2) is 6.61 Å². The Morgan fingerprint density at radius 1 is 1.31 bits per heavy atom. The number of aliphatic carboxylic acids is 1. The first-order chi connectivity index (χ1) is 13.8. The quantitative estimate of drug-likeness (QED) is 0.327. The zero-order valence-corrected chi connectivity index (χ0v) is 16.9. The van der Waals surface area contributed by atoms with Gasteiger partial charge in [0.05, 0.1) is 5.02 Å². The molecule has 0 radical (unpaired) electrons. The van der Waals surface area contributed by atoms with E-state index in [-0.39, 0.29) is 28.1 Å². The smallest absolute Gasteiger partial charge is 0.342 e. The van der Waals surface area contributed by atoms with Crippen LogP contribution in [0, 0.1) is 0 Å². The third-order valence-electron chi connectivity index (χ3n) is 4.58. The second kappa shape index (κ2) is 11.0. The molecule has 0 aromatic heterocycles. The van der Waals surface area contributed by atoms with Gasteiger partial charge in [-0.25, -0.2) is 9.59 Å². The molecule has 2 rings (SSSR count). The van der Waals surface area contributed by atoms with Crippen LogP contribution in [-0.2, 0) is 20.8 Å². The van der Waals surface area contributed by atoms with Crippen molar-refractivity contribution >= 4 is 23.5 Å². The number of nitrogens with one attached hydrogen (secondary N) is 1. The number of hydroxylamine groups is 1. The van der Waals surface area contributed by atoms with E-state index in [0.717, 1.165) is 18.9 Å². The number of benzene rings is 1. The first-order valence-corrected chi connectivity index (χ1v) is 9.85. The number of carbonyl (C=O) groups excluding carboxylic acids is 1. The molecule has 4 N–H and O–H groups in total. The van der Waals surface area contributed by atoms with E-state index in [2.05, 4.69) is 5.48 Å². The minimum absolute atomic E-state index is 0.000953. The molecule has 1 heterocycles. The highest BCUT2D eigenvalue weighted by Gasteiger charge is 2.25. The van der Waals surface area contributed by atoms with Gasteiger partial charge in [0.2, 0.25) is 0 Å². The van der Waals surface area contributed by atoms with Crippen LogP contribution in [0.25, 0.3) is 0 Å². The summed E-state index contributed by atoms with van der Waals surface area (Å²) in [5.74, 6) is -2.47. The predicted molar refractivity (Wildman–Crippen MR) is 106 cm³/mol. The molecule has 160 valence electrons. The summed E-state index contributed by atoms with van der Waals surface area (Å²) in [5.41, 5.74) is 3.04. The van der Waals surface area contributed by atoms with Crippen LogP contribution in [0.15, 0.2) is 18.2 Å². The van der Waals surface area contributed by atoms with Gasteiger partial charge in [0.25, 0.3) is 0 Å². The van der Waals surface area contributed by atoms with Crippen molar-refractivity contribution in [1.82, 2.24) is 5.48 Å². The number of rotatable bonds is 4. The van der Waals surface area contributed by atoms with E-state index >= 15 is 0 Å². The molecule has 1 aliphatic heterocycles. The molecule has 1 aromatic carbocycles. The number of phenolic OH excluding ortho intramolecular Hbond substituents is 2. The molecule has 2 atom stereocenters. The Balaban J connectivity index is 2.24. The fourth-order valence-electron chi connectivity index (χ4n) is 3.15. The molecule has 2 unspecified atom stereocenters. The molecular formula is C20H26ClNO7. The van der Waals surface area contributed by atoms with Crippen molar-refractivity contribution in [2.75, 3.05) is 6.61 Å². The average Bonchev–Trinajstić information content (AvgIpc) is 2.63. The number of phenols is 2. The standard InChI is InChI=1S/C20H26ClNO7/c1-12-6-3-2-4-7-13(22-28-11-17(25)26)8-5-9-14-18(20(27)29-12)15(23)10-16(24)19(14)21/h2-3,10,12-13,22-24H,4-9,11H2,1H3,(H,25,26)/b3-2+. The third-order valence-corrected chi connectivity index (χ3v) is 5.00. The van der Waals surface area contributed by atoms with Crippen molar-refractivity contribution in [3.8, 4) is 11.5 Å². The van der Waals surface area contributed by atoms with Crippen molar-refractivity contribution in [2.24, 2.45) is 0 Å². The van der Waals surface area contributed by atoms with Crippen LogP contribution in [0.2, 0.25) is 5.02 Å². The zero-order chi connectivity index (χ0) is 21.4. The summed E-state index contributed by atoms with van der Waals surface area (Å²) in [6, 6.07) is 0.916. The number of carboxylic acids is 1. The van der Waals surface area contributed by atoms with Gasteiger partial charge in [-0.3, -0.25) is 4.84 Å². The summed E-state index contributed by atoms with van der Waals surface area (Å²) >= 11 is 6.21. The van der Waals surface area contributed by atoms with Gasteiger partial charge >= 0.3 is 11.9 Å². The van der Waals surface area contributed by atoms with Crippen molar-refractivity contribution in [1.29, 1.82) is 0 Å². The fraction of sp³-hybridized carbons (Fsp3) is 0.500. The van der Waals surface area contributed by atoms with Gasteiger partial charge in [0.1, 0.15) is 23.2 Å². The highest BCUT2D eigenvalue weighted by atomic mass is 35.5. The number of halogens is 1. The Morgan fingerprint density at radius 2 is 2.07 bits per heavy atom. The van der Waals surface area contributed by atoms with Gasteiger partial charge in [-0.1, -0.05) is 23.8 Å². The van der Waals surface area contributed by atoms with Gasteiger partial charge in [-0.2, -0.15) is 5.48 Å². The van der Waals surface area contributed by atoms with E-state index in [1.165, 1.54) is 0 Å². The van der Waals surface area contributed by atoms with Gasteiger partial charge in [0, 0.05) is 18.5 Å². The molecule has 0 fully saturated rings. The van der Waals surface area contributed by atoms with E-state index < -0.39 is 24.6 Å². The molecule has 0 saturated heterocycles. The number of hydrogen-bond acceptors (Lipinski definition) is 7. The van der Waals surface area contributed by atoms with Crippen LogP contribution in [0.5, 0.6) is 11.5 Å². The van der Waals surface area contributed by atoms with E-state index in [0.29, 0.717) is 31.2 Å². The normalized spacial score (nSPS) is 22.2. The molecule has 0 spiro atoms. The Labute approximate surface area is 174 Å². The Kier molecular flexibility index (Phi) is 8.75. The molecule has 9 heteroatoms. The number of fused-ring (bicyclic) bond motifs is 1. The van der Waals surface area contributed by atoms with Crippen molar-refractivity contribution in [2.45, 2.75) is 57.6 Å². The van der Waals surface area contributed by atoms with E-state index in [9.17, 15) is 19.8 Å². The summed E-state index contributed by atoms with van der Waals surface area (Å²) in [7, 11) is 0.